The highest BCUT2D eigenvalue weighted by atomic mass is 32.2. The van der Waals surface area contributed by atoms with Gasteiger partial charge in [0.2, 0.25) is 0 Å². The van der Waals surface area contributed by atoms with Crippen LogP contribution in [0.1, 0.15) is 35.0 Å². The number of rotatable bonds is 6. The van der Waals surface area contributed by atoms with Gasteiger partial charge in [-0.2, -0.15) is 5.10 Å². The van der Waals surface area contributed by atoms with Gasteiger partial charge in [-0.15, -0.1) is 0 Å². The lowest BCUT2D eigenvalue weighted by Gasteiger charge is -2.16. The number of nitrogens with zero attached hydrogens (tertiary/aromatic N) is 2. The van der Waals surface area contributed by atoms with Gasteiger partial charge >= 0.3 is 0 Å². The molecule has 3 rings (SSSR count). The van der Waals surface area contributed by atoms with Crippen molar-refractivity contribution in [2.75, 3.05) is 30.4 Å². The van der Waals surface area contributed by atoms with Crippen molar-refractivity contribution in [3.8, 4) is 0 Å². The van der Waals surface area contributed by atoms with Gasteiger partial charge in [0.25, 0.3) is 5.91 Å². The Balaban J connectivity index is 1.65. The normalized spacial score (nSPS) is 19.5. The summed E-state index contributed by atoms with van der Waals surface area (Å²) in [4.78, 5) is 13.5. The number of hydrogen-bond donors (Lipinski definition) is 2. The molecule has 1 aromatic carbocycles. The van der Waals surface area contributed by atoms with E-state index in [1.165, 1.54) is 0 Å². The molecule has 1 aromatic heterocycles. The predicted octanol–water partition coefficient (Wildman–Crippen LogP) is 0.821. The molecule has 2 aromatic rings. The highest BCUT2D eigenvalue weighted by Gasteiger charge is 2.31. The molecule has 152 valence electrons. The molecule has 1 aliphatic heterocycles. The van der Waals surface area contributed by atoms with Gasteiger partial charge in [-0.1, -0.05) is 18.2 Å². The lowest BCUT2D eigenvalue weighted by atomic mass is 10.1. The van der Waals surface area contributed by atoms with Crippen molar-refractivity contribution >= 4 is 21.4 Å². The fraction of sp³-hybridized carbons (Fsp3) is 0.500. The van der Waals surface area contributed by atoms with Gasteiger partial charge in [0.05, 0.1) is 35.9 Å². The van der Waals surface area contributed by atoms with Gasteiger partial charge in [-0.25, -0.2) is 8.42 Å². The summed E-state index contributed by atoms with van der Waals surface area (Å²) in [5.41, 5.74) is 4.86. The number of amides is 1. The number of benzene rings is 1. The minimum absolute atomic E-state index is 0.0311. The minimum Gasteiger partial charge on any atom is -0.326 e. The van der Waals surface area contributed by atoms with Crippen molar-refractivity contribution < 1.29 is 18.1 Å². The van der Waals surface area contributed by atoms with E-state index in [4.69, 9.17) is 0 Å². The van der Waals surface area contributed by atoms with Crippen molar-refractivity contribution in [1.29, 1.82) is 0 Å². The number of aryl methyl sites for hydroxylation is 2. The fourth-order valence-corrected chi connectivity index (χ4v) is 5.51. The Labute approximate surface area is 166 Å². The Bertz CT molecular complexity index is 981. The first-order chi connectivity index (χ1) is 13.2. The number of hydrogen-bond acceptors (Lipinski definition) is 4. The van der Waals surface area contributed by atoms with E-state index in [0.29, 0.717) is 19.5 Å². The summed E-state index contributed by atoms with van der Waals surface area (Å²) in [5, 5.41) is 7.58. The maximum absolute atomic E-state index is 12.4. The number of carbonyl (C=O) groups is 1. The summed E-state index contributed by atoms with van der Waals surface area (Å²) in [7, 11) is -0.975. The number of carbonyl (C=O) groups excluding carboxylic acids is 1. The maximum Gasteiger partial charge on any atom is 0.279 e. The van der Waals surface area contributed by atoms with Crippen molar-refractivity contribution in [2.24, 2.45) is 0 Å². The topological polar surface area (TPSA) is 85.5 Å². The van der Waals surface area contributed by atoms with Gasteiger partial charge in [0.15, 0.2) is 16.4 Å². The Morgan fingerprint density at radius 1 is 1.29 bits per heavy atom. The first kappa shape index (κ1) is 20.5. The Morgan fingerprint density at radius 3 is 2.64 bits per heavy atom. The third-order valence-corrected chi connectivity index (χ3v) is 7.14. The monoisotopic (exact) mass is 405 g/mol. The van der Waals surface area contributed by atoms with Gasteiger partial charge < -0.3 is 10.2 Å². The van der Waals surface area contributed by atoms with Gasteiger partial charge in [0, 0.05) is 11.4 Å². The molecule has 2 atom stereocenters. The smallest absolute Gasteiger partial charge is 0.279 e. The van der Waals surface area contributed by atoms with Crippen molar-refractivity contribution in [3.63, 3.8) is 0 Å². The van der Waals surface area contributed by atoms with Crippen LogP contribution in [0.2, 0.25) is 0 Å². The molecule has 1 unspecified atom stereocenters. The lowest BCUT2D eigenvalue weighted by molar-refractivity contribution is -0.885. The van der Waals surface area contributed by atoms with E-state index < -0.39 is 9.84 Å². The van der Waals surface area contributed by atoms with Crippen LogP contribution in [0.3, 0.4) is 0 Å². The number of anilines is 1. The van der Waals surface area contributed by atoms with E-state index in [0.717, 1.165) is 33.1 Å². The Morgan fingerprint density at radius 2 is 2.00 bits per heavy atom. The molecule has 0 bridgehead atoms. The van der Waals surface area contributed by atoms with E-state index >= 15 is 0 Å². The summed E-state index contributed by atoms with van der Waals surface area (Å²) in [6.45, 7) is 6.91. The molecule has 1 saturated heterocycles. The molecule has 1 amide bonds. The molecule has 28 heavy (non-hydrogen) atoms. The number of sulfone groups is 1. The lowest BCUT2D eigenvalue weighted by Crippen LogP contribution is -3.08. The second kappa shape index (κ2) is 8.05. The quantitative estimate of drug-likeness (QED) is 0.745. The zero-order valence-corrected chi connectivity index (χ0v) is 17.8. The zero-order valence-electron chi connectivity index (χ0n) is 16.9. The molecule has 7 nitrogen and oxygen atoms in total. The Hall–Kier alpha value is -2.19. The van der Waals surface area contributed by atoms with E-state index in [9.17, 15) is 13.2 Å². The predicted molar refractivity (Wildman–Crippen MR) is 109 cm³/mol. The molecule has 1 fully saturated rings. The fourth-order valence-electron chi connectivity index (χ4n) is 3.82. The SMILES string of the molecule is Cc1ccccc1NC(=O)C[NH+](C)Cc1c(C)nn([C@@H]2CCS(=O)(=O)C2)c1C. The molecule has 2 heterocycles. The van der Waals surface area contributed by atoms with Gasteiger partial charge in [-0.05, 0) is 38.8 Å². The molecule has 2 N–H and O–H groups in total. The van der Waals surface area contributed by atoms with Crippen LogP contribution in [0.25, 0.3) is 0 Å². The first-order valence-electron chi connectivity index (χ1n) is 9.58. The van der Waals surface area contributed by atoms with Crippen molar-refractivity contribution in [1.82, 2.24) is 9.78 Å². The zero-order chi connectivity index (χ0) is 20.5. The van der Waals surface area contributed by atoms with Crippen LogP contribution < -0.4 is 10.2 Å². The van der Waals surface area contributed by atoms with E-state index in [2.05, 4.69) is 10.4 Å². The van der Waals surface area contributed by atoms with Crippen LogP contribution in [0, 0.1) is 20.8 Å². The average molecular weight is 406 g/mol. The number of para-hydroxylation sites is 1. The first-order valence-corrected chi connectivity index (χ1v) is 11.4. The molecule has 0 aliphatic carbocycles. The van der Waals surface area contributed by atoms with Crippen LogP contribution in [0.4, 0.5) is 5.69 Å². The molecular weight excluding hydrogens is 376 g/mol. The van der Waals surface area contributed by atoms with Crippen LogP contribution in [0.5, 0.6) is 0 Å². The third-order valence-electron chi connectivity index (χ3n) is 5.39. The molecule has 0 radical (unpaired) electrons. The molecule has 0 spiro atoms. The standard InChI is InChI=1S/C20H28N4O3S/c1-14-7-5-6-8-19(14)21-20(25)12-23(4)11-18-15(2)22-24(16(18)3)17-9-10-28(26,27)13-17/h5-8,17H,9-13H2,1-4H3,(H,21,25)/p+1/t17-/m1/s1. The largest absolute Gasteiger partial charge is 0.326 e. The summed E-state index contributed by atoms with van der Waals surface area (Å²) in [6, 6.07) is 7.64. The second-order valence-corrected chi connectivity index (χ2v) is 10.1. The third kappa shape index (κ3) is 4.62. The highest BCUT2D eigenvalue weighted by molar-refractivity contribution is 7.91. The van der Waals surface area contributed by atoms with Crippen LogP contribution in [-0.4, -0.2) is 49.2 Å². The van der Waals surface area contributed by atoms with Crippen LogP contribution >= 0.6 is 0 Å². The number of aromatic nitrogens is 2. The van der Waals surface area contributed by atoms with Gasteiger partial charge in [0.1, 0.15) is 6.54 Å². The minimum atomic E-state index is -2.96. The molecule has 0 saturated carbocycles. The Kier molecular flexibility index (Phi) is 5.90. The highest BCUT2D eigenvalue weighted by Crippen LogP contribution is 2.26. The molecular formula is C20H29N4O3S+. The average Bonchev–Trinajstić information content (AvgIpc) is 3.10. The maximum atomic E-state index is 12.4. The summed E-state index contributed by atoms with van der Waals surface area (Å²) in [6.07, 6.45) is 0.616. The number of quaternary nitrogens is 1. The van der Waals surface area contributed by atoms with Crippen LogP contribution in [-0.2, 0) is 21.2 Å². The van der Waals surface area contributed by atoms with E-state index in [-0.39, 0.29) is 23.5 Å². The second-order valence-electron chi connectivity index (χ2n) is 7.82. The van der Waals surface area contributed by atoms with E-state index in [1.54, 1.807) is 0 Å². The summed E-state index contributed by atoms with van der Waals surface area (Å²) in [5.74, 6) is 0.363. The van der Waals surface area contributed by atoms with Crippen molar-refractivity contribution in [2.45, 2.75) is 39.8 Å². The molecule has 8 heteroatoms. The number of likely N-dealkylation sites (N-methyl/N-ethyl adjacent to an activating group) is 1. The van der Waals surface area contributed by atoms with Crippen molar-refractivity contribution in [3.05, 3.63) is 46.8 Å². The summed E-state index contributed by atoms with van der Waals surface area (Å²) >= 11 is 0. The molecule has 1 aliphatic rings. The number of nitrogens with one attached hydrogen (secondary N) is 2. The summed E-state index contributed by atoms with van der Waals surface area (Å²) < 4.78 is 25.5. The van der Waals surface area contributed by atoms with Crippen LogP contribution in [0.15, 0.2) is 24.3 Å². The van der Waals surface area contributed by atoms with Gasteiger partial charge in [-0.3, -0.25) is 9.48 Å². The van der Waals surface area contributed by atoms with E-state index in [1.807, 2.05) is 56.8 Å².